The molecule has 126 valence electrons. The van der Waals surface area contributed by atoms with Crippen LogP contribution >= 0.6 is 0 Å². The van der Waals surface area contributed by atoms with Gasteiger partial charge >= 0.3 is 5.97 Å². The van der Waals surface area contributed by atoms with Crippen molar-refractivity contribution in [1.29, 1.82) is 0 Å². The first-order chi connectivity index (χ1) is 9.76. The monoisotopic (exact) mass is 300 g/mol. The molecule has 0 rings (SSSR count). The molecule has 1 unspecified atom stereocenters. The average molecular weight is 300 g/mol. The Hall–Kier alpha value is -0.610. The summed E-state index contributed by atoms with van der Waals surface area (Å²) in [5.41, 5.74) is -0.559. The highest BCUT2D eigenvalue weighted by molar-refractivity contribution is 5.80. The van der Waals surface area contributed by atoms with Crippen molar-refractivity contribution in [2.75, 3.05) is 26.7 Å². The van der Waals surface area contributed by atoms with Gasteiger partial charge in [0.1, 0.15) is 5.54 Å². The van der Waals surface area contributed by atoms with E-state index in [1.165, 1.54) is 0 Å². The number of likely N-dealkylation sites (N-methyl/N-ethyl adjacent to an activating group) is 1. The molecule has 4 heteroatoms. The Morgan fingerprint density at radius 3 is 2.29 bits per heavy atom. The number of nitrogens with zero attached hydrogens (tertiary/aromatic N) is 1. The number of esters is 1. The lowest BCUT2D eigenvalue weighted by molar-refractivity contribution is -0.150. The van der Waals surface area contributed by atoms with Gasteiger partial charge in [-0.1, -0.05) is 13.8 Å². The fourth-order valence-corrected chi connectivity index (χ4v) is 2.44. The molecule has 0 saturated heterocycles. The lowest BCUT2D eigenvalue weighted by atomic mass is 9.95. The molecule has 0 bridgehead atoms. The van der Waals surface area contributed by atoms with Crippen LogP contribution in [0.5, 0.6) is 0 Å². The predicted molar refractivity (Wildman–Crippen MR) is 89.5 cm³/mol. The molecule has 0 aliphatic carbocycles. The van der Waals surface area contributed by atoms with Crippen LogP contribution in [0.25, 0.3) is 0 Å². The molecule has 0 saturated carbocycles. The SMILES string of the molecule is CCOC(=O)C(C)(CCCCN(CC(C)C)C(C)C)NC. The van der Waals surface area contributed by atoms with Gasteiger partial charge < -0.3 is 15.0 Å². The zero-order valence-corrected chi connectivity index (χ0v) is 15.2. The molecule has 0 aromatic heterocycles. The largest absolute Gasteiger partial charge is 0.465 e. The molecular weight excluding hydrogens is 264 g/mol. The van der Waals surface area contributed by atoms with Crippen LogP contribution in [0.1, 0.15) is 60.8 Å². The van der Waals surface area contributed by atoms with Crippen LogP contribution in [0, 0.1) is 5.92 Å². The first-order valence-electron chi connectivity index (χ1n) is 8.37. The first-order valence-corrected chi connectivity index (χ1v) is 8.37. The van der Waals surface area contributed by atoms with E-state index in [1.807, 2.05) is 20.9 Å². The van der Waals surface area contributed by atoms with Crippen LogP contribution in [0.4, 0.5) is 0 Å². The first kappa shape index (κ1) is 20.4. The number of hydrogen-bond donors (Lipinski definition) is 1. The number of carbonyl (C=O) groups is 1. The number of hydrogen-bond acceptors (Lipinski definition) is 4. The summed E-state index contributed by atoms with van der Waals surface area (Å²) in [6.07, 6.45) is 2.95. The Bertz CT molecular complexity index is 293. The van der Waals surface area contributed by atoms with E-state index in [-0.39, 0.29) is 5.97 Å². The highest BCUT2D eigenvalue weighted by atomic mass is 16.5. The third kappa shape index (κ3) is 7.82. The van der Waals surface area contributed by atoms with Gasteiger partial charge in [0.2, 0.25) is 0 Å². The van der Waals surface area contributed by atoms with Gasteiger partial charge in [0.05, 0.1) is 6.61 Å². The zero-order valence-electron chi connectivity index (χ0n) is 15.2. The second-order valence-electron chi connectivity index (χ2n) is 6.74. The van der Waals surface area contributed by atoms with Crippen molar-refractivity contribution in [3.8, 4) is 0 Å². The summed E-state index contributed by atoms with van der Waals surface area (Å²) in [4.78, 5) is 14.5. The molecule has 0 spiro atoms. The third-order valence-electron chi connectivity index (χ3n) is 3.98. The van der Waals surface area contributed by atoms with Gasteiger partial charge in [-0.05, 0) is 66.5 Å². The normalized spacial score (nSPS) is 14.8. The zero-order chi connectivity index (χ0) is 16.5. The van der Waals surface area contributed by atoms with E-state index in [1.54, 1.807) is 0 Å². The van der Waals surface area contributed by atoms with E-state index in [0.29, 0.717) is 18.6 Å². The van der Waals surface area contributed by atoms with Crippen LogP contribution in [0.3, 0.4) is 0 Å². The molecule has 1 atom stereocenters. The molecule has 21 heavy (non-hydrogen) atoms. The van der Waals surface area contributed by atoms with E-state index in [4.69, 9.17) is 4.74 Å². The second-order valence-corrected chi connectivity index (χ2v) is 6.74. The number of unbranched alkanes of at least 4 members (excludes halogenated alkanes) is 1. The standard InChI is InChI=1S/C17H36N2O2/c1-8-21-16(20)17(6,18-7)11-9-10-12-19(15(4)5)13-14(2)3/h14-15,18H,8-13H2,1-7H3. The Kier molecular flexibility index (Phi) is 9.88. The minimum atomic E-state index is -0.559. The summed E-state index contributed by atoms with van der Waals surface area (Å²) < 4.78 is 5.16. The fourth-order valence-electron chi connectivity index (χ4n) is 2.44. The summed E-state index contributed by atoms with van der Waals surface area (Å²) in [6, 6.07) is 0.577. The summed E-state index contributed by atoms with van der Waals surface area (Å²) >= 11 is 0. The number of carbonyl (C=O) groups excluding carboxylic acids is 1. The molecule has 0 heterocycles. The van der Waals surface area contributed by atoms with Crippen molar-refractivity contribution in [2.24, 2.45) is 5.92 Å². The topological polar surface area (TPSA) is 41.6 Å². The van der Waals surface area contributed by atoms with E-state index in [9.17, 15) is 4.79 Å². The van der Waals surface area contributed by atoms with Crippen LogP contribution in [0.2, 0.25) is 0 Å². The van der Waals surface area contributed by atoms with Gasteiger partial charge in [0.15, 0.2) is 0 Å². The van der Waals surface area contributed by atoms with Gasteiger partial charge in [-0.3, -0.25) is 4.79 Å². The maximum absolute atomic E-state index is 12.0. The average Bonchev–Trinajstić information content (AvgIpc) is 2.41. The molecule has 0 amide bonds. The predicted octanol–water partition coefficient (Wildman–Crippen LogP) is 3.06. The van der Waals surface area contributed by atoms with Gasteiger partial charge in [-0.25, -0.2) is 0 Å². The minimum Gasteiger partial charge on any atom is -0.465 e. The van der Waals surface area contributed by atoms with Crippen molar-refractivity contribution in [3.05, 3.63) is 0 Å². The van der Waals surface area contributed by atoms with Gasteiger partial charge in [0.25, 0.3) is 0 Å². The molecule has 0 aromatic rings. The maximum Gasteiger partial charge on any atom is 0.326 e. The van der Waals surface area contributed by atoms with Gasteiger partial charge in [-0.2, -0.15) is 0 Å². The van der Waals surface area contributed by atoms with Crippen LogP contribution in [-0.4, -0.2) is 49.2 Å². The number of nitrogens with one attached hydrogen (secondary N) is 1. The van der Waals surface area contributed by atoms with Crippen molar-refractivity contribution in [3.63, 3.8) is 0 Å². The van der Waals surface area contributed by atoms with Crippen LogP contribution < -0.4 is 5.32 Å². The Morgan fingerprint density at radius 1 is 1.24 bits per heavy atom. The summed E-state index contributed by atoms with van der Waals surface area (Å²) in [7, 11) is 1.83. The van der Waals surface area contributed by atoms with Gasteiger partial charge in [0, 0.05) is 12.6 Å². The smallest absolute Gasteiger partial charge is 0.326 e. The molecular formula is C17H36N2O2. The minimum absolute atomic E-state index is 0.143. The quantitative estimate of drug-likeness (QED) is 0.470. The highest BCUT2D eigenvalue weighted by Gasteiger charge is 2.32. The van der Waals surface area contributed by atoms with E-state index >= 15 is 0 Å². The van der Waals surface area contributed by atoms with Crippen LogP contribution in [0.15, 0.2) is 0 Å². The molecule has 0 aliphatic heterocycles. The van der Waals surface area contributed by atoms with E-state index < -0.39 is 5.54 Å². The summed E-state index contributed by atoms with van der Waals surface area (Å²) in [6.45, 7) is 15.5. The van der Waals surface area contributed by atoms with E-state index in [2.05, 4.69) is 37.9 Å². The van der Waals surface area contributed by atoms with E-state index in [0.717, 1.165) is 32.4 Å². The molecule has 4 nitrogen and oxygen atoms in total. The molecule has 0 radical (unpaired) electrons. The van der Waals surface area contributed by atoms with Gasteiger partial charge in [-0.15, -0.1) is 0 Å². The summed E-state index contributed by atoms with van der Waals surface area (Å²) in [5, 5.41) is 3.12. The highest BCUT2D eigenvalue weighted by Crippen LogP contribution is 2.16. The molecule has 0 aliphatic rings. The number of rotatable bonds is 11. The lowest BCUT2D eigenvalue weighted by Gasteiger charge is -2.30. The van der Waals surface area contributed by atoms with Crippen LogP contribution in [-0.2, 0) is 9.53 Å². The molecule has 1 N–H and O–H groups in total. The fraction of sp³-hybridized carbons (Fsp3) is 0.941. The lowest BCUT2D eigenvalue weighted by Crippen LogP contribution is -2.48. The molecule has 0 fully saturated rings. The number of ether oxygens (including phenoxy) is 1. The Labute approximate surface area is 131 Å². The van der Waals surface area contributed by atoms with Crippen molar-refractivity contribution < 1.29 is 9.53 Å². The Balaban J connectivity index is 4.23. The van der Waals surface area contributed by atoms with Crippen molar-refractivity contribution >= 4 is 5.97 Å². The third-order valence-corrected chi connectivity index (χ3v) is 3.98. The van der Waals surface area contributed by atoms with Crippen molar-refractivity contribution in [1.82, 2.24) is 10.2 Å². The van der Waals surface area contributed by atoms with Crippen molar-refractivity contribution in [2.45, 2.75) is 72.4 Å². The summed E-state index contributed by atoms with van der Waals surface area (Å²) in [5.74, 6) is 0.546. The maximum atomic E-state index is 12.0. The molecule has 0 aromatic carbocycles. The Morgan fingerprint density at radius 2 is 1.86 bits per heavy atom. The second kappa shape index (κ2) is 10.2.